The third-order valence-corrected chi connectivity index (χ3v) is 2.89. The average molecular weight is 264 g/mol. The van der Waals surface area contributed by atoms with E-state index in [-0.39, 0.29) is 11.9 Å². The number of ether oxygens (including phenoxy) is 1. The van der Waals surface area contributed by atoms with E-state index in [2.05, 4.69) is 16.7 Å². The molecule has 0 spiro atoms. The molecule has 4 heteroatoms. The van der Waals surface area contributed by atoms with E-state index in [1.165, 1.54) is 11.1 Å². The maximum Gasteiger partial charge on any atom is 0.223 e. The molecule has 1 unspecified atom stereocenters. The van der Waals surface area contributed by atoms with Gasteiger partial charge in [0.1, 0.15) is 5.75 Å². The highest BCUT2D eigenvalue weighted by molar-refractivity contribution is 5.76. The van der Waals surface area contributed by atoms with Gasteiger partial charge in [-0.15, -0.1) is 0 Å². The molecule has 1 rings (SSSR count). The van der Waals surface area contributed by atoms with Crippen molar-refractivity contribution in [2.75, 3.05) is 20.2 Å². The molecular weight excluding hydrogens is 240 g/mol. The van der Waals surface area contributed by atoms with Crippen molar-refractivity contribution < 1.29 is 9.53 Å². The summed E-state index contributed by atoms with van der Waals surface area (Å²) in [4.78, 5) is 11.6. The van der Waals surface area contributed by atoms with Gasteiger partial charge in [-0.3, -0.25) is 4.79 Å². The number of carbonyl (C=O) groups is 1. The third kappa shape index (κ3) is 6.25. The van der Waals surface area contributed by atoms with Gasteiger partial charge in [-0.1, -0.05) is 6.07 Å². The van der Waals surface area contributed by atoms with Crippen LogP contribution in [-0.4, -0.2) is 32.1 Å². The van der Waals surface area contributed by atoms with Gasteiger partial charge in [-0.05, 0) is 51.1 Å². The molecule has 106 valence electrons. The highest BCUT2D eigenvalue weighted by Crippen LogP contribution is 2.16. The molecule has 1 atom stereocenters. The molecule has 2 N–H and O–H groups in total. The van der Waals surface area contributed by atoms with Crippen LogP contribution < -0.4 is 15.4 Å². The lowest BCUT2D eigenvalue weighted by Crippen LogP contribution is -2.37. The molecule has 0 bridgehead atoms. The normalized spacial score (nSPS) is 12.0. The molecule has 1 aromatic rings. The number of benzene rings is 1. The Bertz CT molecular complexity index is 398. The fourth-order valence-electron chi connectivity index (χ4n) is 1.74. The van der Waals surface area contributed by atoms with Gasteiger partial charge in [0.15, 0.2) is 0 Å². The first-order valence-corrected chi connectivity index (χ1v) is 6.66. The Morgan fingerprint density at radius 3 is 2.47 bits per heavy atom. The number of nitrogens with one attached hydrogen (secondary N) is 2. The molecule has 4 nitrogen and oxygen atoms in total. The molecule has 19 heavy (non-hydrogen) atoms. The average Bonchev–Trinajstić information content (AvgIpc) is 2.34. The molecule has 0 aliphatic heterocycles. The summed E-state index contributed by atoms with van der Waals surface area (Å²) in [6, 6.07) is 6.34. The Morgan fingerprint density at radius 1 is 1.26 bits per heavy atom. The standard InChI is InChI=1S/C15H24N2O2/c1-11-7-12(2)9-14(8-11)19-6-5-15(18)17-10-13(3)16-4/h7-9,13,16H,5-6,10H2,1-4H3,(H,17,18). The quantitative estimate of drug-likeness (QED) is 0.789. The Balaban J connectivity index is 2.28. The van der Waals surface area contributed by atoms with Gasteiger partial charge in [-0.2, -0.15) is 0 Å². The first kappa shape index (κ1) is 15.5. The number of carbonyl (C=O) groups excluding carboxylic acids is 1. The molecule has 0 radical (unpaired) electrons. The number of hydrogen-bond donors (Lipinski definition) is 2. The second-order valence-electron chi connectivity index (χ2n) is 4.92. The summed E-state index contributed by atoms with van der Waals surface area (Å²) < 4.78 is 5.59. The Hall–Kier alpha value is -1.55. The first-order chi connectivity index (χ1) is 9.01. The Labute approximate surface area is 115 Å². The second kappa shape index (κ2) is 7.79. The Kier molecular flexibility index (Phi) is 6.36. The maximum absolute atomic E-state index is 11.6. The number of likely N-dealkylation sites (N-methyl/N-ethyl adjacent to an activating group) is 1. The predicted molar refractivity (Wildman–Crippen MR) is 77.6 cm³/mol. The lowest BCUT2D eigenvalue weighted by atomic mass is 10.1. The molecule has 0 aliphatic rings. The lowest BCUT2D eigenvalue weighted by Gasteiger charge is -2.12. The number of amides is 1. The van der Waals surface area contributed by atoms with E-state index in [4.69, 9.17) is 4.74 Å². The van der Waals surface area contributed by atoms with Gasteiger partial charge < -0.3 is 15.4 Å². The van der Waals surface area contributed by atoms with Gasteiger partial charge in [0.05, 0.1) is 13.0 Å². The van der Waals surface area contributed by atoms with E-state index < -0.39 is 0 Å². The van der Waals surface area contributed by atoms with Crippen molar-refractivity contribution in [1.82, 2.24) is 10.6 Å². The van der Waals surface area contributed by atoms with Gasteiger partial charge in [0, 0.05) is 12.6 Å². The Morgan fingerprint density at radius 2 is 1.89 bits per heavy atom. The zero-order valence-corrected chi connectivity index (χ0v) is 12.2. The van der Waals surface area contributed by atoms with Gasteiger partial charge >= 0.3 is 0 Å². The predicted octanol–water partition coefficient (Wildman–Crippen LogP) is 1.80. The van der Waals surface area contributed by atoms with Crippen molar-refractivity contribution >= 4 is 5.91 Å². The van der Waals surface area contributed by atoms with Gasteiger partial charge in [0.25, 0.3) is 0 Å². The van der Waals surface area contributed by atoms with Crippen LogP contribution in [0.25, 0.3) is 0 Å². The van der Waals surface area contributed by atoms with Crippen molar-refractivity contribution in [2.45, 2.75) is 33.2 Å². The lowest BCUT2D eigenvalue weighted by molar-refractivity contribution is -0.121. The second-order valence-corrected chi connectivity index (χ2v) is 4.92. The van der Waals surface area contributed by atoms with Crippen LogP contribution in [0.2, 0.25) is 0 Å². The van der Waals surface area contributed by atoms with Crippen LogP contribution in [0.1, 0.15) is 24.5 Å². The fraction of sp³-hybridized carbons (Fsp3) is 0.533. The summed E-state index contributed by atoms with van der Waals surface area (Å²) in [6.45, 7) is 7.13. The molecule has 0 saturated heterocycles. The van der Waals surface area contributed by atoms with Crippen LogP contribution in [0, 0.1) is 13.8 Å². The third-order valence-electron chi connectivity index (χ3n) is 2.89. The summed E-state index contributed by atoms with van der Waals surface area (Å²) in [7, 11) is 1.88. The molecule has 0 fully saturated rings. The minimum absolute atomic E-state index is 0.0199. The number of aryl methyl sites for hydroxylation is 2. The van der Waals surface area contributed by atoms with Gasteiger partial charge in [-0.25, -0.2) is 0 Å². The van der Waals surface area contributed by atoms with Crippen molar-refractivity contribution in [2.24, 2.45) is 0 Å². The van der Waals surface area contributed by atoms with Crippen molar-refractivity contribution in [1.29, 1.82) is 0 Å². The maximum atomic E-state index is 11.6. The topological polar surface area (TPSA) is 50.4 Å². The molecule has 0 saturated carbocycles. The van der Waals surface area contributed by atoms with Crippen LogP contribution >= 0.6 is 0 Å². The molecule has 0 aromatic heterocycles. The van der Waals surface area contributed by atoms with E-state index in [0.29, 0.717) is 19.6 Å². The zero-order chi connectivity index (χ0) is 14.3. The number of rotatable bonds is 7. The van der Waals surface area contributed by atoms with Crippen molar-refractivity contribution in [3.63, 3.8) is 0 Å². The summed E-state index contributed by atoms with van der Waals surface area (Å²) in [6.07, 6.45) is 0.378. The first-order valence-electron chi connectivity index (χ1n) is 6.66. The molecular formula is C15H24N2O2. The van der Waals surface area contributed by atoms with E-state index in [1.54, 1.807) is 0 Å². The van der Waals surface area contributed by atoms with E-state index in [0.717, 1.165) is 5.75 Å². The molecule has 0 aliphatic carbocycles. The van der Waals surface area contributed by atoms with Crippen LogP contribution in [-0.2, 0) is 4.79 Å². The highest BCUT2D eigenvalue weighted by atomic mass is 16.5. The summed E-state index contributed by atoms with van der Waals surface area (Å²) in [5.74, 6) is 0.848. The van der Waals surface area contributed by atoms with Crippen LogP contribution in [0.15, 0.2) is 18.2 Å². The monoisotopic (exact) mass is 264 g/mol. The molecule has 0 heterocycles. The number of hydrogen-bond acceptors (Lipinski definition) is 3. The van der Waals surface area contributed by atoms with Gasteiger partial charge in [0.2, 0.25) is 5.91 Å². The largest absolute Gasteiger partial charge is 0.493 e. The van der Waals surface area contributed by atoms with Crippen LogP contribution in [0.3, 0.4) is 0 Å². The summed E-state index contributed by atoms with van der Waals surface area (Å²) in [5, 5.41) is 5.93. The fourth-order valence-corrected chi connectivity index (χ4v) is 1.74. The van der Waals surface area contributed by atoms with E-state index in [9.17, 15) is 4.79 Å². The minimum Gasteiger partial charge on any atom is -0.493 e. The van der Waals surface area contributed by atoms with Crippen LogP contribution in [0.5, 0.6) is 5.75 Å². The molecule has 1 aromatic carbocycles. The molecule has 1 amide bonds. The summed E-state index contributed by atoms with van der Waals surface area (Å²) in [5.41, 5.74) is 2.34. The highest BCUT2D eigenvalue weighted by Gasteiger charge is 2.04. The van der Waals surface area contributed by atoms with Crippen LogP contribution in [0.4, 0.5) is 0 Å². The van der Waals surface area contributed by atoms with Crippen molar-refractivity contribution in [3.8, 4) is 5.75 Å². The van der Waals surface area contributed by atoms with E-state index >= 15 is 0 Å². The smallest absolute Gasteiger partial charge is 0.223 e. The summed E-state index contributed by atoms with van der Waals surface area (Å²) >= 11 is 0. The van der Waals surface area contributed by atoms with E-state index in [1.807, 2.05) is 40.0 Å². The van der Waals surface area contributed by atoms with Crippen molar-refractivity contribution in [3.05, 3.63) is 29.3 Å². The minimum atomic E-state index is 0.0199. The zero-order valence-electron chi connectivity index (χ0n) is 12.2. The SMILES string of the molecule is CNC(C)CNC(=O)CCOc1cc(C)cc(C)c1.